The first kappa shape index (κ1) is 22.4. The molecule has 2 aromatic carbocycles. The molecule has 1 amide bonds. The van der Waals surface area contributed by atoms with Crippen molar-refractivity contribution < 1.29 is 22.7 Å². The van der Waals surface area contributed by atoms with Crippen LogP contribution in [0.3, 0.4) is 0 Å². The summed E-state index contributed by atoms with van der Waals surface area (Å²) in [5.41, 5.74) is 2.01. The number of amides is 1. The number of carbonyl (C=O) groups excluding carboxylic acids is 2. The van der Waals surface area contributed by atoms with E-state index < -0.39 is 16.0 Å². The molecule has 7 nitrogen and oxygen atoms in total. The maximum atomic E-state index is 12.6. The zero-order valence-corrected chi connectivity index (χ0v) is 17.8. The molecular formula is C21H26N2O5S. The Morgan fingerprint density at radius 2 is 1.72 bits per heavy atom. The summed E-state index contributed by atoms with van der Waals surface area (Å²) in [6.45, 7) is 6.97. The van der Waals surface area contributed by atoms with Crippen LogP contribution in [0.4, 0.5) is 5.69 Å². The van der Waals surface area contributed by atoms with Gasteiger partial charge in [-0.05, 0) is 68.7 Å². The average molecular weight is 419 g/mol. The highest BCUT2D eigenvalue weighted by Gasteiger charge is 2.18. The summed E-state index contributed by atoms with van der Waals surface area (Å²) in [7, 11) is -3.75. The standard InChI is InChI=1S/C21H26N2O5S/c1-5-16(4)22-20(24)13-28-21(25)17-8-10-18(11-9-17)23-29(26,27)19-12-14(2)6-7-15(19)3/h6-12,16,23H,5,13H2,1-4H3,(H,22,24)/t16-/m1/s1. The van der Waals surface area contributed by atoms with Crippen LogP contribution in [0.2, 0.25) is 0 Å². The van der Waals surface area contributed by atoms with Crippen molar-refractivity contribution in [3.8, 4) is 0 Å². The first-order chi connectivity index (χ1) is 13.6. The van der Waals surface area contributed by atoms with E-state index in [1.165, 1.54) is 24.3 Å². The van der Waals surface area contributed by atoms with E-state index in [0.29, 0.717) is 11.3 Å². The van der Waals surface area contributed by atoms with Gasteiger partial charge in [0.2, 0.25) is 0 Å². The van der Waals surface area contributed by atoms with Gasteiger partial charge >= 0.3 is 5.97 Å². The number of benzene rings is 2. The number of sulfonamides is 1. The average Bonchev–Trinajstić information content (AvgIpc) is 2.68. The van der Waals surface area contributed by atoms with Crippen molar-refractivity contribution in [3.05, 3.63) is 59.2 Å². The fourth-order valence-corrected chi connectivity index (χ4v) is 3.90. The van der Waals surface area contributed by atoms with Crippen molar-refractivity contribution in [2.45, 2.75) is 45.1 Å². The number of esters is 1. The molecular weight excluding hydrogens is 392 g/mol. The van der Waals surface area contributed by atoms with Gasteiger partial charge in [0.05, 0.1) is 10.5 Å². The second-order valence-corrected chi connectivity index (χ2v) is 8.56. The highest BCUT2D eigenvalue weighted by atomic mass is 32.2. The van der Waals surface area contributed by atoms with Crippen LogP contribution in [0.15, 0.2) is 47.4 Å². The van der Waals surface area contributed by atoms with E-state index in [-0.39, 0.29) is 29.0 Å². The lowest BCUT2D eigenvalue weighted by atomic mass is 10.2. The van der Waals surface area contributed by atoms with Gasteiger partial charge in [0.25, 0.3) is 15.9 Å². The molecule has 156 valence electrons. The Kier molecular flexibility index (Phi) is 7.39. The van der Waals surface area contributed by atoms with E-state index in [1.54, 1.807) is 19.1 Å². The van der Waals surface area contributed by atoms with Crippen molar-refractivity contribution in [3.63, 3.8) is 0 Å². The smallest absolute Gasteiger partial charge is 0.338 e. The molecule has 29 heavy (non-hydrogen) atoms. The van der Waals surface area contributed by atoms with E-state index in [9.17, 15) is 18.0 Å². The lowest BCUT2D eigenvalue weighted by Crippen LogP contribution is -2.35. The Hall–Kier alpha value is -2.87. The van der Waals surface area contributed by atoms with Gasteiger partial charge in [-0.15, -0.1) is 0 Å². The molecule has 0 unspecified atom stereocenters. The number of hydrogen-bond acceptors (Lipinski definition) is 5. The van der Waals surface area contributed by atoms with Crippen LogP contribution in [-0.2, 0) is 19.6 Å². The van der Waals surface area contributed by atoms with Crippen LogP contribution in [0.5, 0.6) is 0 Å². The monoisotopic (exact) mass is 418 g/mol. The fraction of sp³-hybridized carbons (Fsp3) is 0.333. The number of ether oxygens (including phenoxy) is 1. The van der Waals surface area contributed by atoms with Crippen molar-refractivity contribution in [2.75, 3.05) is 11.3 Å². The van der Waals surface area contributed by atoms with Gasteiger partial charge in [0.15, 0.2) is 6.61 Å². The number of anilines is 1. The highest BCUT2D eigenvalue weighted by molar-refractivity contribution is 7.92. The van der Waals surface area contributed by atoms with Crippen LogP contribution in [-0.4, -0.2) is 32.9 Å². The van der Waals surface area contributed by atoms with Crippen molar-refractivity contribution in [1.29, 1.82) is 0 Å². The molecule has 2 aromatic rings. The van der Waals surface area contributed by atoms with Gasteiger partial charge < -0.3 is 10.1 Å². The zero-order chi connectivity index (χ0) is 21.6. The second kappa shape index (κ2) is 9.56. The van der Waals surface area contributed by atoms with Gasteiger partial charge in [-0.3, -0.25) is 9.52 Å². The van der Waals surface area contributed by atoms with E-state index in [1.807, 2.05) is 26.8 Å². The normalized spacial score (nSPS) is 12.1. The highest BCUT2D eigenvalue weighted by Crippen LogP contribution is 2.21. The van der Waals surface area contributed by atoms with Crippen LogP contribution in [0.25, 0.3) is 0 Å². The predicted molar refractivity (Wildman–Crippen MR) is 111 cm³/mol. The Balaban J connectivity index is 2.02. The van der Waals surface area contributed by atoms with Gasteiger partial charge in [0, 0.05) is 11.7 Å². The summed E-state index contributed by atoms with van der Waals surface area (Å²) in [5, 5.41) is 2.70. The Bertz CT molecular complexity index is 985. The van der Waals surface area contributed by atoms with Crippen molar-refractivity contribution in [2.24, 2.45) is 0 Å². The largest absolute Gasteiger partial charge is 0.452 e. The lowest BCUT2D eigenvalue weighted by molar-refractivity contribution is -0.124. The second-order valence-electron chi connectivity index (χ2n) is 6.90. The Morgan fingerprint density at radius 1 is 1.07 bits per heavy atom. The number of aryl methyl sites for hydroxylation is 2. The first-order valence-corrected chi connectivity index (χ1v) is 10.8. The van der Waals surface area contributed by atoms with E-state index >= 15 is 0 Å². The molecule has 0 heterocycles. The molecule has 0 saturated carbocycles. The van der Waals surface area contributed by atoms with Crippen LogP contribution >= 0.6 is 0 Å². The SMILES string of the molecule is CC[C@@H](C)NC(=O)COC(=O)c1ccc(NS(=O)(=O)c2cc(C)ccc2C)cc1. The first-order valence-electron chi connectivity index (χ1n) is 9.29. The van der Waals surface area contributed by atoms with E-state index in [0.717, 1.165) is 12.0 Å². The molecule has 1 atom stereocenters. The third-order valence-electron chi connectivity index (χ3n) is 4.36. The van der Waals surface area contributed by atoms with E-state index in [4.69, 9.17) is 4.74 Å². The van der Waals surface area contributed by atoms with Crippen molar-refractivity contribution >= 4 is 27.6 Å². The molecule has 2 rings (SSSR count). The third-order valence-corrected chi connectivity index (χ3v) is 5.88. The molecule has 0 radical (unpaired) electrons. The summed E-state index contributed by atoms with van der Waals surface area (Å²) in [6.07, 6.45) is 0.777. The molecule has 0 spiro atoms. The summed E-state index contributed by atoms with van der Waals surface area (Å²) >= 11 is 0. The lowest BCUT2D eigenvalue weighted by Gasteiger charge is -2.12. The van der Waals surface area contributed by atoms with Gasteiger partial charge in [-0.2, -0.15) is 0 Å². The summed E-state index contributed by atoms with van der Waals surface area (Å²) < 4.78 is 32.8. The summed E-state index contributed by atoms with van der Waals surface area (Å²) in [6, 6.07) is 11.0. The van der Waals surface area contributed by atoms with E-state index in [2.05, 4.69) is 10.0 Å². The van der Waals surface area contributed by atoms with Crippen molar-refractivity contribution in [1.82, 2.24) is 5.32 Å². The molecule has 0 aromatic heterocycles. The Morgan fingerprint density at radius 3 is 2.34 bits per heavy atom. The predicted octanol–water partition coefficient (Wildman–Crippen LogP) is 3.18. The Labute approximate surface area is 171 Å². The fourth-order valence-electron chi connectivity index (χ4n) is 2.51. The molecule has 2 N–H and O–H groups in total. The zero-order valence-electron chi connectivity index (χ0n) is 17.0. The minimum Gasteiger partial charge on any atom is -0.452 e. The van der Waals surface area contributed by atoms with Crippen LogP contribution in [0, 0.1) is 13.8 Å². The minimum absolute atomic E-state index is 0.00514. The van der Waals surface area contributed by atoms with Gasteiger partial charge in [-0.1, -0.05) is 19.1 Å². The molecule has 0 saturated heterocycles. The number of carbonyl (C=O) groups is 2. The third kappa shape index (κ3) is 6.32. The van der Waals surface area contributed by atoms with Crippen LogP contribution in [0.1, 0.15) is 41.8 Å². The molecule has 8 heteroatoms. The number of nitrogens with one attached hydrogen (secondary N) is 2. The molecule has 0 aliphatic carbocycles. The molecule has 0 aliphatic heterocycles. The minimum atomic E-state index is -3.75. The van der Waals surface area contributed by atoms with Gasteiger partial charge in [-0.25, -0.2) is 13.2 Å². The molecule has 0 aliphatic rings. The number of rotatable bonds is 8. The molecule has 0 bridgehead atoms. The van der Waals surface area contributed by atoms with Gasteiger partial charge in [0.1, 0.15) is 0 Å². The summed E-state index contributed by atoms with van der Waals surface area (Å²) in [4.78, 5) is 23.9. The van der Waals surface area contributed by atoms with Crippen LogP contribution < -0.4 is 10.0 Å². The maximum absolute atomic E-state index is 12.6. The maximum Gasteiger partial charge on any atom is 0.338 e. The summed E-state index contributed by atoms with van der Waals surface area (Å²) in [5.74, 6) is -1.03. The topological polar surface area (TPSA) is 102 Å². The number of hydrogen-bond donors (Lipinski definition) is 2. The quantitative estimate of drug-likeness (QED) is 0.641. The molecule has 0 fully saturated rings.